The highest BCUT2D eigenvalue weighted by atomic mass is 79.9. The van der Waals surface area contributed by atoms with Gasteiger partial charge in [-0.25, -0.2) is 0 Å². The summed E-state index contributed by atoms with van der Waals surface area (Å²) in [4.78, 5) is 12.0. The average molecular weight is 397 g/mol. The van der Waals surface area contributed by atoms with Crippen molar-refractivity contribution in [1.82, 2.24) is 5.32 Å². The first-order valence-electron chi connectivity index (χ1n) is 7.49. The van der Waals surface area contributed by atoms with E-state index in [2.05, 4.69) is 21.2 Å². The molecule has 0 saturated heterocycles. The average Bonchev–Trinajstić information content (AvgIpc) is 2.55. The predicted molar refractivity (Wildman–Crippen MR) is 97.0 cm³/mol. The highest BCUT2D eigenvalue weighted by Crippen LogP contribution is 2.18. The summed E-state index contributed by atoms with van der Waals surface area (Å²) in [6.45, 7) is 2.34. The van der Waals surface area contributed by atoms with Crippen molar-refractivity contribution in [3.8, 4) is 5.75 Å². The van der Waals surface area contributed by atoms with Gasteiger partial charge in [-0.2, -0.15) is 0 Å². The molecule has 1 amide bonds. The number of benzene rings is 2. The molecule has 0 heterocycles. The van der Waals surface area contributed by atoms with Gasteiger partial charge in [0.2, 0.25) is 0 Å². The summed E-state index contributed by atoms with van der Waals surface area (Å²) >= 11 is 9.47. The molecule has 2 aromatic carbocycles. The van der Waals surface area contributed by atoms with Crippen molar-refractivity contribution in [3.05, 3.63) is 63.6 Å². The lowest BCUT2D eigenvalue weighted by Crippen LogP contribution is -2.36. The number of ether oxygens (including phenoxy) is 1. The van der Waals surface area contributed by atoms with Gasteiger partial charge in [-0.3, -0.25) is 4.79 Å². The number of carbonyl (C=O) groups is 1. The van der Waals surface area contributed by atoms with E-state index in [0.717, 1.165) is 27.9 Å². The molecule has 2 aromatic rings. The third-order valence-electron chi connectivity index (χ3n) is 3.38. The number of amides is 1. The molecular formula is C18H19BrClNO2. The first-order valence-corrected chi connectivity index (χ1v) is 8.66. The van der Waals surface area contributed by atoms with Crippen LogP contribution in [0.25, 0.3) is 0 Å². The maximum Gasteiger partial charge on any atom is 0.260 e. The first kappa shape index (κ1) is 17.8. The quantitative estimate of drug-likeness (QED) is 0.694. The van der Waals surface area contributed by atoms with Crippen LogP contribution < -0.4 is 10.1 Å². The molecule has 1 N–H and O–H groups in total. The number of carbonyl (C=O) groups excluding carboxylic acids is 1. The molecule has 0 saturated carbocycles. The van der Waals surface area contributed by atoms with E-state index in [9.17, 15) is 4.79 Å². The van der Waals surface area contributed by atoms with E-state index in [1.807, 2.05) is 48.5 Å². The van der Waals surface area contributed by atoms with E-state index >= 15 is 0 Å². The smallest absolute Gasteiger partial charge is 0.260 e. The molecule has 0 aliphatic rings. The van der Waals surface area contributed by atoms with Gasteiger partial charge in [0.15, 0.2) is 6.10 Å². The second-order valence-corrected chi connectivity index (χ2v) is 6.52. The molecule has 3 nitrogen and oxygen atoms in total. The number of halogens is 2. The Balaban J connectivity index is 1.72. The van der Waals surface area contributed by atoms with Gasteiger partial charge in [-0.1, -0.05) is 45.7 Å². The number of aryl methyl sites for hydroxylation is 1. The molecule has 5 heteroatoms. The molecule has 0 aliphatic carbocycles. The normalized spacial score (nSPS) is 11.8. The SMILES string of the molecule is CC(Oc1ccc(Br)cc1)C(=O)NCCCc1ccccc1Cl. The molecule has 0 aromatic heterocycles. The third kappa shape index (κ3) is 5.88. The van der Waals surface area contributed by atoms with Crippen molar-refractivity contribution >= 4 is 33.4 Å². The third-order valence-corrected chi connectivity index (χ3v) is 4.27. The predicted octanol–water partition coefficient (Wildman–Crippen LogP) is 4.62. The lowest BCUT2D eigenvalue weighted by atomic mass is 10.1. The molecule has 2 rings (SSSR count). The lowest BCUT2D eigenvalue weighted by Gasteiger charge is -2.14. The summed E-state index contributed by atoms with van der Waals surface area (Å²) in [5.41, 5.74) is 1.10. The minimum absolute atomic E-state index is 0.118. The van der Waals surface area contributed by atoms with E-state index in [1.165, 1.54) is 0 Å². The number of rotatable bonds is 7. The summed E-state index contributed by atoms with van der Waals surface area (Å²) in [6, 6.07) is 15.2. The standard InChI is InChI=1S/C18H19BrClNO2/c1-13(23-16-10-8-15(19)9-11-16)18(22)21-12-4-6-14-5-2-3-7-17(14)20/h2-3,5,7-11,13H,4,6,12H2,1H3,(H,21,22). The van der Waals surface area contributed by atoms with Gasteiger partial charge in [0, 0.05) is 16.0 Å². The monoisotopic (exact) mass is 395 g/mol. The van der Waals surface area contributed by atoms with Crippen LogP contribution in [0.5, 0.6) is 5.75 Å². The van der Waals surface area contributed by atoms with Crippen LogP contribution in [0.4, 0.5) is 0 Å². The Morgan fingerprint density at radius 3 is 2.61 bits per heavy atom. The fraction of sp³-hybridized carbons (Fsp3) is 0.278. The zero-order chi connectivity index (χ0) is 16.7. The summed E-state index contributed by atoms with van der Waals surface area (Å²) in [5.74, 6) is 0.555. The molecule has 1 atom stereocenters. The maximum absolute atomic E-state index is 12.0. The second-order valence-electron chi connectivity index (χ2n) is 5.20. The van der Waals surface area contributed by atoms with Crippen LogP contribution >= 0.6 is 27.5 Å². The van der Waals surface area contributed by atoms with Gasteiger partial charge >= 0.3 is 0 Å². The fourth-order valence-corrected chi connectivity index (χ4v) is 2.60. The van der Waals surface area contributed by atoms with Gasteiger partial charge in [-0.15, -0.1) is 0 Å². The first-order chi connectivity index (χ1) is 11.1. The van der Waals surface area contributed by atoms with E-state index in [4.69, 9.17) is 16.3 Å². The minimum atomic E-state index is -0.531. The van der Waals surface area contributed by atoms with Crippen molar-refractivity contribution in [2.24, 2.45) is 0 Å². The molecule has 0 spiro atoms. The van der Waals surface area contributed by atoms with Crippen molar-refractivity contribution in [2.75, 3.05) is 6.54 Å². The van der Waals surface area contributed by atoms with Crippen LogP contribution in [0.15, 0.2) is 53.0 Å². The molecule has 122 valence electrons. The minimum Gasteiger partial charge on any atom is -0.481 e. The summed E-state index contributed by atoms with van der Waals surface area (Å²) in [5, 5.41) is 3.66. The fourth-order valence-electron chi connectivity index (χ4n) is 2.11. The Bertz CT molecular complexity index is 646. The number of hydrogen-bond donors (Lipinski definition) is 1. The summed E-state index contributed by atoms with van der Waals surface area (Å²) < 4.78 is 6.59. The van der Waals surface area contributed by atoms with Gasteiger partial charge in [-0.05, 0) is 55.7 Å². The Hall–Kier alpha value is -1.52. The van der Waals surface area contributed by atoms with Crippen molar-refractivity contribution in [3.63, 3.8) is 0 Å². The summed E-state index contributed by atoms with van der Waals surface area (Å²) in [7, 11) is 0. The van der Waals surface area contributed by atoms with Crippen LogP contribution in [0.3, 0.4) is 0 Å². The highest BCUT2D eigenvalue weighted by molar-refractivity contribution is 9.10. The van der Waals surface area contributed by atoms with Crippen molar-refractivity contribution in [2.45, 2.75) is 25.9 Å². The van der Waals surface area contributed by atoms with Crippen LogP contribution in [-0.2, 0) is 11.2 Å². The van der Waals surface area contributed by atoms with Crippen LogP contribution in [-0.4, -0.2) is 18.6 Å². The highest BCUT2D eigenvalue weighted by Gasteiger charge is 2.13. The van der Waals surface area contributed by atoms with Crippen molar-refractivity contribution in [1.29, 1.82) is 0 Å². The van der Waals surface area contributed by atoms with E-state index < -0.39 is 6.10 Å². The number of hydrogen-bond acceptors (Lipinski definition) is 2. The van der Waals surface area contributed by atoms with Crippen molar-refractivity contribution < 1.29 is 9.53 Å². The van der Waals surface area contributed by atoms with Gasteiger partial charge in [0.05, 0.1) is 0 Å². The van der Waals surface area contributed by atoms with Gasteiger partial charge in [0.1, 0.15) is 5.75 Å². The van der Waals surface area contributed by atoms with E-state index in [0.29, 0.717) is 12.3 Å². The molecule has 0 bridgehead atoms. The Kier molecular flexibility index (Phi) is 6.93. The van der Waals surface area contributed by atoms with Gasteiger partial charge in [0.25, 0.3) is 5.91 Å². The molecule has 0 aliphatic heterocycles. The molecule has 1 unspecified atom stereocenters. The zero-order valence-electron chi connectivity index (χ0n) is 12.9. The summed E-state index contributed by atoms with van der Waals surface area (Å²) in [6.07, 6.45) is 1.14. The van der Waals surface area contributed by atoms with Crippen LogP contribution in [0.1, 0.15) is 18.9 Å². The van der Waals surface area contributed by atoms with E-state index in [1.54, 1.807) is 6.92 Å². The van der Waals surface area contributed by atoms with Crippen LogP contribution in [0.2, 0.25) is 5.02 Å². The van der Waals surface area contributed by atoms with Gasteiger partial charge < -0.3 is 10.1 Å². The molecule has 0 fully saturated rings. The molecule has 0 radical (unpaired) electrons. The molecule has 23 heavy (non-hydrogen) atoms. The van der Waals surface area contributed by atoms with E-state index in [-0.39, 0.29) is 5.91 Å². The number of nitrogens with one attached hydrogen (secondary N) is 1. The molecular weight excluding hydrogens is 378 g/mol. The largest absolute Gasteiger partial charge is 0.481 e. The Morgan fingerprint density at radius 1 is 1.22 bits per heavy atom. The zero-order valence-corrected chi connectivity index (χ0v) is 15.2. The van der Waals surface area contributed by atoms with Crippen LogP contribution in [0, 0.1) is 0 Å². The second kappa shape index (κ2) is 8.94. The Labute approximate surface area is 150 Å². The topological polar surface area (TPSA) is 38.3 Å². The Morgan fingerprint density at radius 2 is 1.91 bits per heavy atom. The maximum atomic E-state index is 12.0. The lowest BCUT2D eigenvalue weighted by molar-refractivity contribution is -0.127.